The van der Waals surface area contributed by atoms with Crippen molar-refractivity contribution in [3.05, 3.63) is 0 Å². The van der Waals surface area contributed by atoms with Crippen molar-refractivity contribution in [1.82, 2.24) is 5.32 Å². The van der Waals surface area contributed by atoms with E-state index in [0.29, 0.717) is 5.41 Å². The molecule has 0 aliphatic heterocycles. The summed E-state index contributed by atoms with van der Waals surface area (Å²) in [7, 11) is 0. The second-order valence-corrected chi connectivity index (χ2v) is 5.88. The maximum absolute atomic E-state index is 3.80. The molecule has 3 atom stereocenters. The molecule has 2 rings (SSSR count). The van der Waals surface area contributed by atoms with Gasteiger partial charge in [0.15, 0.2) is 0 Å². The molecule has 1 N–H and O–H groups in total. The van der Waals surface area contributed by atoms with Crippen LogP contribution in [0.1, 0.15) is 65.7 Å². The molecule has 0 heterocycles. The van der Waals surface area contributed by atoms with Crippen molar-refractivity contribution in [3.63, 3.8) is 0 Å². The number of rotatable bonds is 4. The van der Waals surface area contributed by atoms with E-state index in [1.54, 1.807) is 0 Å². The molecule has 2 aliphatic rings. The topological polar surface area (TPSA) is 12.0 Å². The Morgan fingerprint density at radius 3 is 2.31 bits per heavy atom. The average molecular weight is 223 g/mol. The Bertz CT molecular complexity index is 219. The van der Waals surface area contributed by atoms with Crippen LogP contribution in [0.2, 0.25) is 0 Å². The number of fused-ring (bicyclic) bond motifs is 1. The van der Waals surface area contributed by atoms with E-state index >= 15 is 0 Å². The Hall–Kier alpha value is -0.0400. The van der Waals surface area contributed by atoms with Gasteiger partial charge in [-0.15, -0.1) is 0 Å². The van der Waals surface area contributed by atoms with Gasteiger partial charge in [0.2, 0.25) is 0 Å². The quantitative estimate of drug-likeness (QED) is 0.760. The van der Waals surface area contributed by atoms with E-state index in [9.17, 15) is 0 Å². The van der Waals surface area contributed by atoms with E-state index in [4.69, 9.17) is 0 Å². The highest BCUT2D eigenvalue weighted by atomic mass is 15.0. The molecule has 3 unspecified atom stereocenters. The van der Waals surface area contributed by atoms with Crippen LogP contribution in [-0.4, -0.2) is 12.6 Å². The Kier molecular flexibility index (Phi) is 3.94. The highest BCUT2D eigenvalue weighted by Crippen LogP contribution is 2.60. The molecule has 2 fully saturated rings. The van der Waals surface area contributed by atoms with E-state index in [1.165, 1.54) is 44.9 Å². The molecule has 0 aromatic heterocycles. The Morgan fingerprint density at radius 1 is 1.00 bits per heavy atom. The zero-order valence-corrected chi connectivity index (χ0v) is 11.4. The minimum atomic E-state index is 0.644. The first-order chi connectivity index (χ1) is 7.80. The predicted octanol–water partition coefficient (Wildman–Crippen LogP) is 3.98. The summed E-state index contributed by atoms with van der Waals surface area (Å²) < 4.78 is 0. The van der Waals surface area contributed by atoms with Crippen LogP contribution in [-0.2, 0) is 0 Å². The summed E-state index contributed by atoms with van der Waals surface area (Å²) >= 11 is 0. The summed E-state index contributed by atoms with van der Waals surface area (Å²) in [6, 6.07) is 0.829. The van der Waals surface area contributed by atoms with Gasteiger partial charge in [0, 0.05) is 6.04 Å². The fraction of sp³-hybridized carbons (Fsp3) is 1.00. The second-order valence-electron chi connectivity index (χ2n) is 5.88. The average Bonchev–Trinajstić information content (AvgIpc) is 2.52. The minimum absolute atomic E-state index is 0.644. The van der Waals surface area contributed by atoms with Crippen molar-refractivity contribution in [2.75, 3.05) is 6.54 Å². The fourth-order valence-electron chi connectivity index (χ4n) is 4.78. The molecular weight excluding hydrogens is 194 g/mol. The molecule has 0 aromatic carbocycles. The van der Waals surface area contributed by atoms with Gasteiger partial charge in [-0.25, -0.2) is 0 Å². The highest BCUT2D eigenvalue weighted by Gasteiger charge is 2.58. The van der Waals surface area contributed by atoms with Crippen molar-refractivity contribution in [2.24, 2.45) is 17.3 Å². The zero-order chi connectivity index (χ0) is 11.6. The molecule has 16 heavy (non-hydrogen) atoms. The van der Waals surface area contributed by atoms with Crippen LogP contribution >= 0.6 is 0 Å². The van der Waals surface area contributed by atoms with E-state index in [-0.39, 0.29) is 0 Å². The monoisotopic (exact) mass is 223 g/mol. The predicted molar refractivity (Wildman–Crippen MR) is 70.5 cm³/mol. The molecular formula is C15H29N. The molecule has 0 amide bonds. The minimum Gasteiger partial charge on any atom is -0.313 e. The van der Waals surface area contributed by atoms with Gasteiger partial charge in [-0.3, -0.25) is 0 Å². The summed E-state index contributed by atoms with van der Waals surface area (Å²) in [6.45, 7) is 8.24. The van der Waals surface area contributed by atoms with Gasteiger partial charge in [0.25, 0.3) is 0 Å². The summed E-state index contributed by atoms with van der Waals surface area (Å²) in [5.74, 6) is 2.04. The first-order valence-electron chi connectivity index (χ1n) is 7.53. The maximum atomic E-state index is 3.80. The standard InChI is InChI=1S/C15H29N/c1-4-15(5-2)13-11-9-7-8-10-12(13)14(15)16-6-3/h12-14,16H,4-11H2,1-3H3. The molecule has 0 radical (unpaired) electrons. The van der Waals surface area contributed by atoms with Crippen LogP contribution in [0.4, 0.5) is 0 Å². The van der Waals surface area contributed by atoms with Crippen LogP contribution in [0.15, 0.2) is 0 Å². The van der Waals surface area contributed by atoms with E-state index < -0.39 is 0 Å². The Labute approximate surface area is 101 Å². The van der Waals surface area contributed by atoms with E-state index in [1.807, 2.05) is 0 Å². The maximum Gasteiger partial charge on any atom is 0.0157 e. The summed E-state index contributed by atoms with van der Waals surface area (Å²) in [4.78, 5) is 0. The molecule has 2 aliphatic carbocycles. The molecule has 2 saturated carbocycles. The lowest BCUT2D eigenvalue weighted by Crippen LogP contribution is -2.65. The van der Waals surface area contributed by atoms with Crippen molar-refractivity contribution in [1.29, 1.82) is 0 Å². The zero-order valence-electron chi connectivity index (χ0n) is 11.4. The summed E-state index contributed by atoms with van der Waals surface area (Å²) in [5.41, 5.74) is 0.644. The first kappa shape index (κ1) is 12.4. The van der Waals surface area contributed by atoms with E-state index in [0.717, 1.165) is 24.4 Å². The van der Waals surface area contributed by atoms with Gasteiger partial charge in [-0.05, 0) is 49.5 Å². The smallest absolute Gasteiger partial charge is 0.0157 e. The van der Waals surface area contributed by atoms with Crippen molar-refractivity contribution in [2.45, 2.75) is 71.8 Å². The lowest BCUT2D eigenvalue weighted by atomic mass is 9.46. The van der Waals surface area contributed by atoms with Crippen LogP contribution in [0.25, 0.3) is 0 Å². The largest absolute Gasteiger partial charge is 0.313 e. The van der Waals surface area contributed by atoms with Gasteiger partial charge in [0.1, 0.15) is 0 Å². The highest BCUT2D eigenvalue weighted by molar-refractivity contribution is 5.10. The summed E-state index contributed by atoms with van der Waals surface area (Å²) in [6.07, 6.45) is 10.2. The first-order valence-corrected chi connectivity index (χ1v) is 7.53. The van der Waals surface area contributed by atoms with Gasteiger partial charge < -0.3 is 5.32 Å². The van der Waals surface area contributed by atoms with Crippen LogP contribution in [0.3, 0.4) is 0 Å². The van der Waals surface area contributed by atoms with Crippen LogP contribution < -0.4 is 5.32 Å². The third-order valence-electron chi connectivity index (χ3n) is 5.60. The van der Waals surface area contributed by atoms with Gasteiger partial charge in [0.05, 0.1) is 0 Å². The lowest BCUT2D eigenvalue weighted by Gasteiger charge is -2.62. The third kappa shape index (κ3) is 1.72. The van der Waals surface area contributed by atoms with Crippen LogP contribution in [0, 0.1) is 17.3 Å². The van der Waals surface area contributed by atoms with Crippen molar-refractivity contribution >= 4 is 0 Å². The Balaban J connectivity index is 2.14. The molecule has 0 spiro atoms. The SMILES string of the molecule is CCNC1C2CCCCCC2C1(CC)CC. The molecule has 1 nitrogen and oxygen atoms in total. The van der Waals surface area contributed by atoms with E-state index in [2.05, 4.69) is 26.1 Å². The van der Waals surface area contributed by atoms with Crippen molar-refractivity contribution < 1.29 is 0 Å². The molecule has 0 bridgehead atoms. The van der Waals surface area contributed by atoms with Crippen LogP contribution in [0.5, 0.6) is 0 Å². The molecule has 94 valence electrons. The Morgan fingerprint density at radius 2 is 1.69 bits per heavy atom. The third-order valence-corrected chi connectivity index (χ3v) is 5.60. The molecule has 0 saturated heterocycles. The second kappa shape index (κ2) is 5.08. The van der Waals surface area contributed by atoms with Gasteiger partial charge >= 0.3 is 0 Å². The number of hydrogen-bond acceptors (Lipinski definition) is 1. The van der Waals surface area contributed by atoms with Gasteiger partial charge in [-0.2, -0.15) is 0 Å². The van der Waals surface area contributed by atoms with Crippen molar-refractivity contribution in [3.8, 4) is 0 Å². The summed E-state index contributed by atoms with van der Waals surface area (Å²) in [5, 5.41) is 3.80. The number of hydrogen-bond donors (Lipinski definition) is 1. The fourth-order valence-corrected chi connectivity index (χ4v) is 4.78. The molecule has 1 heteroatoms. The van der Waals surface area contributed by atoms with Gasteiger partial charge in [-0.1, -0.05) is 40.0 Å². The normalized spacial score (nSPS) is 37.3. The number of nitrogens with one attached hydrogen (secondary N) is 1. The molecule has 0 aromatic rings. The lowest BCUT2D eigenvalue weighted by molar-refractivity contribution is -0.0993.